The maximum absolute atomic E-state index is 13.6. The normalized spacial score (nSPS) is 26.0. The Kier molecular flexibility index (Phi) is 6.46. The van der Waals surface area contributed by atoms with Crippen LogP contribution >= 0.6 is 0 Å². The minimum atomic E-state index is -3.65. The maximum atomic E-state index is 13.6. The van der Waals surface area contributed by atoms with Gasteiger partial charge in [-0.25, -0.2) is 12.8 Å². The number of halogens is 1. The van der Waals surface area contributed by atoms with Crippen LogP contribution < -0.4 is 0 Å². The molecule has 2 aromatic rings. The number of aliphatic hydroxyl groups excluding tert-OH is 2. The first-order valence-corrected chi connectivity index (χ1v) is 11.8. The maximum Gasteiger partial charge on any atom is 0.179 e. The number of aliphatic hydroxyl groups is 2. The molecule has 6 heteroatoms. The van der Waals surface area contributed by atoms with Gasteiger partial charge < -0.3 is 10.2 Å². The molecule has 0 amide bonds. The summed E-state index contributed by atoms with van der Waals surface area (Å²) >= 11 is 0. The second-order valence-corrected chi connectivity index (χ2v) is 10.0. The molecule has 0 radical (unpaired) electrons. The molecule has 4 nitrogen and oxygen atoms in total. The number of fused-ring (bicyclic) bond motifs is 1. The summed E-state index contributed by atoms with van der Waals surface area (Å²) in [5, 5.41) is 21.2. The van der Waals surface area contributed by atoms with Crippen LogP contribution in [0.15, 0.2) is 47.4 Å². The lowest BCUT2D eigenvalue weighted by Crippen LogP contribution is -2.42. The molecular formula is C23H29FO4S. The van der Waals surface area contributed by atoms with Gasteiger partial charge in [0, 0.05) is 11.3 Å². The van der Waals surface area contributed by atoms with Crippen LogP contribution in [0, 0.1) is 11.2 Å². The summed E-state index contributed by atoms with van der Waals surface area (Å²) in [4.78, 5) is 0.190. The van der Waals surface area contributed by atoms with Crippen LogP contribution in [0.25, 0.3) is 0 Å². The third-order valence-corrected chi connectivity index (χ3v) is 8.31. The summed E-state index contributed by atoms with van der Waals surface area (Å²) < 4.78 is 40.3. The van der Waals surface area contributed by atoms with E-state index in [1.807, 2.05) is 13.8 Å². The van der Waals surface area contributed by atoms with Crippen molar-refractivity contribution in [1.82, 2.24) is 0 Å². The summed E-state index contributed by atoms with van der Waals surface area (Å²) in [6.45, 7) is 3.74. The van der Waals surface area contributed by atoms with E-state index in [0.29, 0.717) is 29.5 Å². The lowest BCUT2D eigenvalue weighted by Gasteiger charge is -2.39. The minimum absolute atomic E-state index is 0.124. The molecule has 3 rings (SSSR count). The van der Waals surface area contributed by atoms with Crippen molar-refractivity contribution in [3.05, 3.63) is 65.0 Å². The third kappa shape index (κ3) is 4.11. The summed E-state index contributed by atoms with van der Waals surface area (Å²) in [7, 11) is -3.65. The highest BCUT2D eigenvalue weighted by molar-refractivity contribution is 7.91. The monoisotopic (exact) mass is 420 g/mol. The van der Waals surface area contributed by atoms with Crippen molar-refractivity contribution in [3.63, 3.8) is 0 Å². The predicted molar refractivity (Wildman–Crippen MR) is 111 cm³/mol. The summed E-state index contributed by atoms with van der Waals surface area (Å²) in [6.07, 6.45) is 1.88. The van der Waals surface area contributed by atoms with E-state index in [1.54, 1.807) is 24.3 Å². The fourth-order valence-corrected chi connectivity index (χ4v) is 6.81. The van der Waals surface area contributed by atoms with Gasteiger partial charge in [-0.15, -0.1) is 0 Å². The smallest absolute Gasteiger partial charge is 0.179 e. The van der Waals surface area contributed by atoms with Crippen molar-refractivity contribution in [2.75, 3.05) is 5.75 Å². The van der Waals surface area contributed by atoms with Crippen molar-refractivity contribution < 1.29 is 23.0 Å². The van der Waals surface area contributed by atoms with E-state index in [2.05, 4.69) is 0 Å². The Morgan fingerprint density at radius 2 is 1.83 bits per heavy atom. The zero-order chi connectivity index (χ0) is 21.2. The van der Waals surface area contributed by atoms with E-state index in [-0.39, 0.29) is 23.1 Å². The Balaban J connectivity index is 2.29. The quantitative estimate of drug-likeness (QED) is 0.735. The van der Waals surface area contributed by atoms with Crippen LogP contribution in [0.5, 0.6) is 0 Å². The molecule has 0 fully saturated rings. The van der Waals surface area contributed by atoms with E-state index in [4.69, 9.17) is 0 Å². The number of benzene rings is 2. The average molecular weight is 421 g/mol. The number of rotatable bonds is 6. The molecule has 2 N–H and O–H groups in total. The first-order valence-electron chi connectivity index (χ1n) is 10.2. The molecule has 0 bridgehead atoms. The zero-order valence-electron chi connectivity index (χ0n) is 16.9. The molecule has 1 aliphatic heterocycles. The zero-order valence-corrected chi connectivity index (χ0v) is 17.8. The van der Waals surface area contributed by atoms with Gasteiger partial charge in [-0.2, -0.15) is 0 Å². The molecule has 1 aliphatic rings. The predicted octanol–water partition coefficient (Wildman–Crippen LogP) is 4.18. The molecule has 0 unspecified atom stereocenters. The molecular weight excluding hydrogens is 391 g/mol. The Labute approximate surface area is 172 Å². The van der Waals surface area contributed by atoms with Gasteiger partial charge in [-0.1, -0.05) is 51.0 Å². The van der Waals surface area contributed by atoms with Gasteiger partial charge >= 0.3 is 0 Å². The van der Waals surface area contributed by atoms with Crippen molar-refractivity contribution in [1.29, 1.82) is 0 Å². The van der Waals surface area contributed by atoms with Gasteiger partial charge in [-0.3, -0.25) is 0 Å². The Morgan fingerprint density at radius 3 is 2.41 bits per heavy atom. The summed E-state index contributed by atoms with van der Waals surface area (Å²) in [5.41, 5.74) is 0.923. The van der Waals surface area contributed by atoms with E-state index in [9.17, 15) is 23.0 Å². The molecule has 0 saturated carbocycles. The molecule has 29 heavy (non-hydrogen) atoms. The Morgan fingerprint density at radius 1 is 1.14 bits per heavy atom. The second kappa shape index (κ2) is 8.54. The molecule has 0 aromatic heterocycles. The summed E-state index contributed by atoms with van der Waals surface area (Å²) in [6, 6.07) is 10.7. The van der Waals surface area contributed by atoms with Gasteiger partial charge in [0.05, 0.1) is 23.4 Å². The molecule has 3 atom stereocenters. The van der Waals surface area contributed by atoms with Crippen molar-refractivity contribution in [2.45, 2.75) is 63.1 Å². The fraction of sp³-hybridized carbons (Fsp3) is 0.478. The number of hydrogen-bond donors (Lipinski definition) is 2. The number of hydrogen-bond acceptors (Lipinski definition) is 4. The van der Waals surface area contributed by atoms with E-state index >= 15 is 0 Å². The van der Waals surface area contributed by atoms with Crippen LogP contribution in [0.1, 0.15) is 62.1 Å². The fourth-order valence-electron chi connectivity index (χ4n) is 4.56. The Bertz CT molecular complexity index is 955. The SMILES string of the molecule is CCCC[C@]1(CC)CS(=O)(=O)c2ccc(CO)cc2[C@H](c2ccc(F)cc2)[C@@H]1O. The molecule has 0 aliphatic carbocycles. The van der Waals surface area contributed by atoms with E-state index in [0.717, 1.165) is 12.8 Å². The van der Waals surface area contributed by atoms with Crippen molar-refractivity contribution in [3.8, 4) is 0 Å². The highest BCUT2D eigenvalue weighted by Crippen LogP contribution is 2.48. The largest absolute Gasteiger partial charge is 0.392 e. The number of sulfone groups is 1. The first-order chi connectivity index (χ1) is 13.8. The number of unbranched alkanes of at least 4 members (excludes halogenated alkanes) is 1. The topological polar surface area (TPSA) is 74.6 Å². The van der Waals surface area contributed by atoms with Crippen LogP contribution in [-0.2, 0) is 16.4 Å². The lowest BCUT2D eigenvalue weighted by molar-refractivity contribution is 0.0173. The van der Waals surface area contributed by atoms with Crippen LogP contribution in [0.4, 0.5) is 4.39 Å². The second-order valence-electron chi connectivity index (χ2n) is 8.08. The van der Waals surface area contributed by atoms with Crippen LogP contribution in [0.3, 0.4) is 0 Å². The molecule has 2 aromatic carbocycles. The highest BCUT2D eigenvalue weighted by atomic mass is 32.2. The highest BCUT2D eigenvalue weighted by Gasteiger charge is 2.48. The molecule has 0 spiro atoms. The van der Waals surface area contributed by atoms with Gasteiger partial charge in [-0.05, 0) is 47.7 Å². The van der Waals surface area contributed by atoms with Gasteiger partial charge in [0.25, 0.3) is 0 Å². The third-order valence-electron chi connectivity index (χ3n) is 6.31. The van der Waals surface area contributed by atoms with Crippen molar-refractivity contribution in [2.24, 2.45) is 5.41 Å². The van der Waals surface area contributed by atoms with E-state index in [1.165, 1.54) is 18.2 Å². The minimum Gasteiger partial charge on any atom is -0.392 e. The van der Waals surface area contributed by atoms with E-state index < -0.39 is 27.3 Å². The van der Waals surface area contributed by atoms with Gasteiger partial charge in [0.15, 0.2) is 9.84 Å². The lowest BCUT2D eigenvalue weighted by atomic mass is 9.69. The average Bonchev–Trinajstić information content (AvgIpc) is 2.78. The van der Waals surface area contributed by atoms with Gasteiger partial charge in [0.2, 0.25) is 0 Å². The van der Waals surface area contributed by atoms with Crippen LogP contribution in [-0.4, -0.2) is 30.5 Å². The summed E-state index contributed by atoms with van der Waals surface area (Å²) in [5.74, 6) is -1.13. The molecule has 158 valence electrons. The van der Waals surface area contributed by atoms with Crippen molar-refractivity contribution >= 4 is 9.84 Å². The molecule has 1 heterocycles. The van der Waals surface area contributed by atoms with Crippen LogP contribution in [0.2, 0.25) is 0 Å². The standard InChI is InChI=1S/C23H29FO4S/c1-3-5-12-23(4-2)15-29(27,28)20-11-6-16(14-25)13-19(20)21(22(23)26)17-7-9-18(24)10-8-17/h6-11,13,21-22,25-26H,3-5,12,14-15H2,1-2H3/t21-,22-,23+/m0/s1. The van der Waals surface area contributed by atoms with Gasteiger partial charge in [0.1, 0.15) is 5.82 Å². The Hall–Kier alpha value is -1.76. The molecule has 0 saturated heterocycles. The first kappa shape index (κ1) is 21.9.